The minimum atomic E-state index is 0.815. The van der Waals surface area contributed by atoms with Crippen LogP contribution < -0.4 is 10.6 Å². The van der Waals surface area contributed by atoms with Crippen molar-refractivity contribution in [2.24, 2.45) is 0 Å². The molecule has 0 aromatic heterocycles. The van der Waals surface area contributed by atoms with Crippen LogP contribution >= 0.6 is 15.9 Å². The molecule has 0 aliphatic heterocycles. The zero-order valence-corrected chi connectivity index (χ0v) is 11.3. The lowest BCUT2D eigenvalue weighted by molar-refractivity contribution is 0.608. The second-order valence-electron chi connectivity index (χ2n) is 4.49. The van der Waals surface area contributed by atoms with Crippen molar-refractivity contribution in [3.05, 3.63) is 33.8 Å². The van der Waals surface area contributed by atoms with Crippen molar-refractivity contribution in [2.75, 3.05) is 13.1 Å². The van der Waals surface area contributed by atoms with Gasteiger partial charge in [0, 0.05) is 30.1 Å². The maximum absolute atomic E-state index is 3.56. The molecule has 0 unspecified atom stereocenters. The molecule has 1 aromatic rings. The number of nitrogens with one attached hydrogen (secondary N) is 2. The summed E-state index contributed by atoms with van der Waals surface area (Å²) in [5.41, 5.74) is 2.63. The molecule has 2 nitrogen and oxygen atoms in total. The second-order valence-corrected chi connectivity index (χ2v) is 5.34. The predicted molar refractivity (Wildman–Crippen MR) is 71.6 cm³/mol. The second kappa shape index (κ2) is 5.80. The van der Waals surface area contributed by atoms with Crippen LogP contribution in [0.25, 0.3) is 0 Å². The zero-order chi connectivity index (χ0) is 11.4. The fourth-order valence-electron chi connectivity index (χ4n) is 1.63. The van der Waals surface area contributed by atoms with Crippen molar-refractivity contribution in [3.8, 4) is 0 Å². The fourth-order valence-corrected chi connectivity index (χ4v) is 2.06. The molecule has 0 amide bonds. The third-order valence-electron chi connectivity index (χ3n) is 2.88. The summed E-state index contributed by atoms with van der Waals surface area (Å²) in [5, 5.41) is 6.94. The number of rotatable bonds is 6. The van der Waals surface area contributed by atoms with Crippen molar-refractivity contribution in [2.45, 2.75) is 32.4 Å². The molecule has 0 radical (unpaired) electrons. The largest absolute Gasteiger partial charge is 0.313 e. The van der Waals surface area contributed by atoms with Gasteiger partial charge in [0.2, 0.25) is 0 Å². The molecular formula is C13H19BrN2. The summed E-state index contributed by atoms with van der Waals surface area (Å²) in [4.78, 5) is 0. The van der Waals surface area contributed by atoms with Crippen molar-refractivity contribution in [1.82, 2.24) is 10.6 Å². The van der Waals surface area contributed by atoms with E-state index in [-0.39, 0.29) is 0 Å². The minimum Gasteiger partial charge on any atom is -0.313 e. The molecular weight excluding hydrogens is 264 g/mol. The van der Waals surface area contributed by atoms with Crippen LogP contribution in [0, 0.1) is 6.92 Å². The molecule has 0 saturated heterocycles. The average Bonchev–Trinajstić information content (AvgIpc) is 3.07. The Morgan fingerprint density at radius 1 is 1.31 bits per heavy atom. The van der Waals surface area contributed by atoms with E-state index in [2.05, 4.69) is 51.7 Å². The van der Waals surface area contributed by atoms with E-state index in [0.717, 1.165) is 25.7 Å². The summed E-state index contributed by atoms with van der Waals surface area (Å²) >= 11 is 3.56. The Balaban J connectivity index is 1.65. The van der Waals surface area contributed by atoms with Crippen molar-refractivity contribution < 1.29 is 0 Å². The van der Waals surface area contributed by atoms with Gasteiger partial charge in [-0.25, -0.2) is 0 Å². The van der Waals surface area contributed by atoms with Crippen molar-refractivity contribution in [1.29, 1.82) is 0 Å². The molecule has 3 heteroatoms. The highest BCUT2D eigenvalue weighted by molar-refractivity contribution is 9.10. The standard InChI is InChI=1S/C13H19BrN2/c1-10-2-3-11(8-13(10)14)9-15-6-7-16-12-4-5-12/h2-3,8,12,15-16H,4-7,9H2,1H3. The monoisotopic (exact) mass is 282 g/mol. The fraction of sp³-hybridized carbons (Fsp3) is 0.538. The molecule has 0 spiro atoms. The Kier molecular flexibility index (Phi) is 4.38. The van der Waals surface area contributed by atoms with Crippen LogP contribution in [0.3, 0.4) is 0 Å². The van der Waals surface area contributed by atoms with Crippen LogP contribution in [0.4, 0.5) is 0 Å². The summed E-state index contributed by atoms with van der Waals surface area (Å²) in [6.45, 7) is 5.19. The number of hydrogen-bond donors (Lipinski definition) is 2. The van der Waals surface area contributed by atoms with Gasteiger partial charge in [0.25, 0.3) is 0 Å². The van der Waals surface area contributed by atoms with Gasteiger partial charge in [0.15, 0.2) is 0 Å². The van der Waals surface area contributed by atoms with Gasteiger partial charge < -0.3 is 10.6 Å². The smallest absolute Gasteiger partial charge is 0.0207 e. The van der Waals surface area contributed by atoms with Gasteiger partial charge in [0.05, 0.1) is 0 Å². The Morgan fingerprint density at radius 2 is 2.12 bits per heavy atom. The maximum Gasteiger partial charge on any atom is 0.0207 e. The summed E-state index contributed by atoms with van der Waals surface area (Å²) in [7, 11) is 0. The van der Waals surface area contributed by atoms with Crippen LogP contribution in [-0.4, -0.2) is 19.1 Å². The molecule has 0 heterocycles. The van der Waals surface area contributed by atoms with Crippen molar-refractivity contribution in [3.63, 3.8) is 0 Å². The van der Waals surface area contributed by atoms with Gasteiger partial charge in [-0.15, -0.1) is 0 Å². The molecule has 0 atom stereocenters. The average molecular weight is 283 g/mol. The number of benzene rings is 1. The molecule has 16 heavy (non-hydrogen) atoms. The molecule has 0 bridgehead atoms. The lowest BCUT2D eigenvalue weighted by Gasteiger charge is -2.07. The highest BCUT2D eigenvalue weighted by Crippen LogP contribution is 2.18. The summed E-state index contributed by atoms with van der Waals surface area (Å²) in [5.74, 6) is 0. The molecule has 1 aliphatic rings. The van der Waals surface area contributed by atoms with Crippen molar-refractivity contribution >= 4 is 15.9 Å². The first-order valence-electron chi connectivity index (χ1n) is 5.95. The lowest BCUT2D eigenvalue weighted by atomic mass is 10.1. The van der Waals surface area contributed by atoms with Crippen LogP contribution in [-0.2, 0) is 6.54 Å². The van der Waals surface area contributed by atoms with E-state index in [4.69, 9.17) is 0 Å². The quantitative estimate of drug-likeness (QED) is 0.784. The van der Waals surface area contributed by atoms with Gasteiger partial charge in [-0.1, -0.05) is 28.1 Å². The van der Waals surface area contributed by atoms with E-state index in [9.17, 15) is 0 Å². The molecule has 1 fully saturated rings. The molecule has 2 N–H and O–H groups in total. The van der Waals surface area contributed by atoms with Gasteiger partial charge in [-0.05, 0) is 37.0 Å². The van der Waals surface area contributed by atoms with E-state index >= 15 is 0 Å². The van der Waals surface area contributed by atoms with Crippen LogP contribution in [0.1, 0.15) is 24.0 Å². The molecule has 1 aromatic carbocycles. The summed E-state index contributed by atoms with van der Waals surface area (Å²) < 4.78 is 1.20. The number of hydrogen-bond acceptors (Lipinski definition) is 2. The van der Waals surface area contributed by atoms with E-state index in [0.29, 0.717) is 0 Å². The predicted octanol–water partition coefficient (Wildman–Crippen LogP) is 2.60. The molecule has 88 valence electrons. The SMILES string of the molecule is Cc1ccc(CNCCNC2CC2)cc1Br. The van der Waals surface area contributed by atoms with E-state index < -0.39 is 0 Å². The summed E-state index contributed by atoms with van der Waals surface area (Å²) in [6.07, 6.45) is 2.73. The zero-order valence-electron chi connectivity index (χ0n) is 9.72. The lowest BCUT2D eigenvalue weighted by Crippen LogP contribution is -2.28. The number of halogens is 1. The van der Waals surface area contributed by atoms with Crippen LogP contribution in [0.15, 0.2) is 22.7 Å². The molecule has 2 rings (SSSR count). The van der Waals surface area contributed by atoms with E-state index in [1.165, 1.54) is 28.4 Å². The highest BCUT2D eigenvalue weighted by Gasteiger charge is 2.19. The third-order valence-corrected chi connectivity index (χ3v) is 3.73. The van der Waals surface area contributed by atoms with Gasteiger partial charge in [0.1, 0.15) is 0 Å². The van der Waals surface area contributed by atoms with Crippen LogP contribution in [0.2, 0.25) is 0 Å². The highest BCUT2D eigenvalue weighted by atomic mass is 79.9. The molecule has 1 saturated carbocycles. The Hall–Kier alpha value is -0.380. The normalized spacial score (nSPS) is 15.4. The number of aryl methyl sites for hydroxylation is 1. The first-order valence-corrected chi connectivity index (χ1v) is 6.74. The topological polar surface area (TPSA) is 24.1 Å². The Labute approximate surface area is 106 Å². The van der Waals surface area contributed by atoms with Crippen LogP contribution in [0.5, 0.6) is 0 Å². The third kappa shape index (κ3) is 3.89. The minimum absolute atomic E-state index is 0.815. The maximum atomic E-state index is 3.56. The van der Waals surface area contributed by atoms with E-state index in [1.807, 2.05) is 0 Å². The Bertz CT molecular complexity index is 348. The molecule has 1 aliphatic carbocycles. The Morgan fingerprint density at radius 3 is 2.81 bits per heavy atom. The first-order chi connectivity index (χ1) is 7.75. The first kappa shape index (κ1) is 12.1. The van der Waals surface area contributed by atoms with Gasteiger partial charge in [-0.2, -0.15) is 0 Å². The van der Waals surface area contributed by atoms with Gasteiger partial charge in [-0.3, -0.25) is 0 Å². The summed E-state index contributed by atoms with van der Waals surface area (Å²) in [6, 6.07) is 7.34. The van der Waals surface area contributed by atoms with Gasteiger partial charge >= 0.3 is 0 Å². The van der Waals surface area contributed by atoms with E-state index in [1.54, 1.807) is 0 Å².